The van der Waals surface area contributed by atoms with Gasteiger partial charge in [0.2, 0.25) is 0 Å². The molecular formula is C15H26N2O6P2. The number of nitrogens with zero attached hydrogens (tertiary/aromatic N) is 2. The topological polar surface area (TPSA) is 96.3 Å². The predicted octanol–water partition coefficient (Wildman–Crippen LogP) is 4.32. The lowest BCUT2D eigenvalue weighted by Gasteiger charge is -2.28. The van der Waals surface area contributed by atoms with Crippen LogP contribution in [0.4, 0.5) is 0 Å². The summed E-state index contributed by atoms with van der Waals surface area (Å²) in [6.45, 7) is 7.07. The first-order valence-electron chi connectivity index (χ1n) is 8.17. The number of aromatic nitrogens is 1. The van der Waals surface area contributed by atoms with Gasteiger partial charge in [0.15, 0.2) is 0 Å². The molecule has 0 aliphatic rings. The molecule has 8 nitrogen and oxygen atoms in total. The molecule has 142 valence electrons. The van der Waals surface area contributed by atoms with Crippen LogP contribution >= 0.6 is 15.2 Å². The highest BCUT2D eigenvalue weighted by Gasteiger charge is 2.51. The van der Waals surface area contributed by atoms with Crippen molar-refractivity contribution in [3.8, 4) is 0 Å². The number of hydrogen-bond acceptors (Lipinski definition) is 8. The van der Waals surface area contributed by atoms with Crippen molar-refractivity contribution in [1.82, 2.24) is 4.98 Å². The lowest BCUT2D eigenvalue weighted by atomic mass is 10.4. The minimum absolute atomic E-state index is 0.102. The Kier molecular flexibility index (Phi) is 9.72. The molecule has 0 fully saturated rings. The van der Waals surface area contributed by atoms with E-state index in [1.165, 1.54) is 6.21 Å². The zero-order valence-corrected chi connectivity index (χ0v) is 16.8. The van der Waals surface area contributed by atoms with Crippen LogP contribution in [0.3, 0.4) is 0 Å². The molecule has 1 rings (SSSR count). The lowest BCUT2D eigenvalue weighted by Crippen LogP contribution is -2.16. The number of hydrogen-bond donors (Lipinski definition) is 0. The second kappa shape index (κ2) is 11.0. The molecule has 0 saturated carbocycles. The zero-order chi connectivity index (χ0) is 18.8. The average Bonchev–Trinajstić information content (AvgIpc) is 2.56. The van der Waals surface area contributed by atoms with Gasteiger partial charge in [0.1, 0.15) is 0 Å². The summed E-state index contributed by atoms with van der Waals surface area (Å²) in [5.41, 5.74) is -0.923. The van der Waals surface area contributed by atoms with Crippen molar-refractivity contribution in [3.05, 3.63) is 30.1 Å². The Labute approximate surface area is 149 Å². The first-order chi connectivity index (χ1) is 12.0. The molecule has 0 bridgehead atoms. The number of pyridine rings is 1. The summed E-state index contributed by atoms with van der Waals surface area (Å²) >= 11 is 0. The van der Waals surface area contributed by atoms with E-state index in [0.29, 0.717) is 5.69 Å². The third kappa shape index (κ3) is 6.41. The average molecular weight is 392 g/mol. The molecule has 1 aromatic heterocycles. The Bertz CT molecular complexity index is 576. The highest BCUT2D eigenvalue weighted by molar-refractivity contribution is 7.72. The van der Waals surface area contributed by atoms with Gasteiger partial charge in [-0.3, -0.25) is 19.1 Å². The fraction of sp³-hybridized carbons (Fsp3) is 0.600. The maximum atomic E-state index is 13.2. The summed E-state index contributed by atoms with van der Waals surface area (Å²) in [7, 11) is -7.77. The molecular weight excluding hydrogens is 366 g/mol. The fourth-order valence-electron chi connectivity index (χ4n) is 1.99. The zero-order valence-electron chi connectivity index (χ0n) is 15.0. The standard InChI is InChI=1S/C15H26N2O6P2/c1-5-20-24(18,21-6-2)15(25(19,22-7-3)23-8-4)17-13-14-11-9-10-12-16-14/h9-13,15H,5-8H2,1-4H3/b17-13+. The first-order valence-corrected chi connectivity index (χ1v) is 11.4. The predicted molar refractivity (Wildman–Crippen MR) is 97.3 cm³/mol. The quantitative estimate of drug-likeness (QED) is 0.386. The van der Waals surface area contributed by atoms with Crippen molar-refractivity contribution < 1.29 is 27.2 Å². The van der Waals surface area contributed by atoms with E-state index in [2.05, 4.69) is 9.98 Å². The lowest BCUT2D eigenvalue weighted by molar-refractivity contribution is 0.196. The monoisotopic (exact) mass is 392 g/mol. The van der Waals surface area contributed by atoms with E-state index in [1.54, 1.807) is 52.1 Å². The molecule has 0 N–H and O–H groups in total. The molecule has 1 aromatic rings. The summed E-state index contributed by atoms with van der Waals surface area (Å²) in [5, 5.41) is 0. The number of rotatable bonds is 12. The van der Waals surface area contributed by atoms with E-state index in [9.17, 15) is 9.13 Å². The van der Waals surface area contributed by atoms with Crippen LogP contribution in [0.1, 0.15) is 33.4 Å². The minimum Gasteiger partial charge on any atom is -0.307 e. The summed E-state index contributed by atoms with van der Waals surface area (Å²) < 4.78 is 47.7. The van der Waals surface area contributed by atoms with Crippen molar-refractivity contribution in [2.24, 2.45) is 4.99 Å². The largest absolute Gasteiger partial charge is 0.367 e. The molecule has 0 aromatic carbocycles. The summed E-state index contributed by atoms with van der Waals surface area (Å²) in [6, 6.07) is 5.24. The van der Waals surface area contributed by atoms with Crippen molar-refractivity contribution in [2.45, 2.75) is 33.2 Å². The van der Waals surface area contributed by atoms with E-state index in [1.807, 2.05) is 0 Å². The Balaban J connectivity index is 3.35. The van der Waals surface area contributed by atoms with Gasteiger partial charge in [0, 0.05) is 12.4 Å². The van der Waals surface area contributed by atoms with Crippen LogP contribution in [0.15, 0.2) is 29.4 Å². The van der Waals surface area contributed by atoms with E-state index >= 15 is 0 Å². The molecule has 0 aliphatic heterocycles. The van der Waals surface area contributed by atoms with Crippen LogP contribution < -0.4 is 0 Å². The SMILES string of the molecule is CCOP(=O)(OCC)C(/N=C/c1ccccn1)P(=O)(OCC)OCC. The van der Waals surface area contributed by atoms with Crippen molar-refractivity contribution >= 4 is 21.4 Å². The minimum atomic E-state index is -3.89. The van der Waals surface area contributed by atoms with Gasteiger partial charge in [-0.05, 0) is 39.8 Å². The molecule has 0 saturated heterocycles. The molecule has 0 spiro atoms. The third-order valence-corrected chi connectivity index (χ3v) is 8.40. The van der Waals surface area contributed by atoms with Gasteiger partial charge >= 0.3 is 15.2 Å². The van der Waals surface area contributed by atoms with Crippen LogP contribution in [0.2, 0.25) is 0 Å². The Morgan fingerprint density at radius 3 is 1.80 bits per heavy atom. The van der Waals surface area contributed by atoms with E-state index in [4.69, 9.17) is 18.1 Å². The molecule has 0 atom stereocenters. The van der Waals surface area contributed by atoms with Crippen molar-refractivity contribution in [2.75, 3.05) is 26.4 Å². The summed E-state index contributed by atoms with van der Waals surface area (Å²) in [6.07, 6.45) is 2.95. The van der Waals surface area contributed by atoms with Gasteiger partial charge < -0.3 is 18.1 Å². The smallest absolute Gasteiger partial charge is 0.307 e. The van der Waals surface area contributed by atoms with Crippen LogP contribution in [0.25, 0.3) is 0 Å². The Hall–Kier alpha value is -0.880. The molecule has 1 heterocycles. The van der Waals surface area contributed by atoms with Crippen LogP contribution in [-0.2, 0) is 27.2 Å². The van der Waals surface area contributed by atoms with Gasteiger partial charge in [-0.2, -0.15) is 0 Å². The Morgan fingerprint density at radius 1 is 0.960 bits per heavy atom. The van der Waals surface area contributed by atoms with Gasteiger partial charge in [-0.25, -0.2) is 0 Å². The maximum Gasteiger partial charge on any atom is 0.367 e. The first kappa shape index (κ1) is 22.2. The fourth-order valence-corrected chi connectivity index (χ4v) is 6.76. The van der Waals surface area contributed by atoms with Crippen LogP contribution in [-0.4, -0.2) is 43.2 Å². The second-order valence-corrected chi connectivity index (χ2v) is 9.21. The highest BCUT2D eigenvalue weighted by atomic mass is 31.2. The van der Waals surface area contributed by atoms with Crippen molar-refractivity contribution in [3.63, 3.8) is 0 Å². The Morgan fingerprint density at radius 2 is 1.44 bits per heavy atom. The van der Waals surface area contributed by atoms with E-state index in [-0.39, 0.29) is 26.4 Å². The molecule has 0 amide bonds. The van der Waals surface area contributed by atoms with Crippen LogP contribution in [0.5, 0.6) is 0 Å². The maximum absolute atomic E-state index is 13.2. The van der Waals surface area contributed by atoms with Crippen LogP contribution in [0, 0.1) is 0 Å². The van der Waals surface area contributed by atoms with E-state index in [0.717, 1.165) is 0 Å². The molecule has 0 aliphatic carbocycles. The highest BCUT2D eigenvalue weighted by Crippen LogP contribution is 2.70. The molecule has 10 heteroatoms. The van der Waals surface area contributed by atoms with Gasteiger partial charge in [0.25, 0.3) is 5.52 Å². The second-order valence-electron chi connectivity index (χ2n) is 4.63. The molecule has 25 heavy (non-hydrogen) atoms. The molecule has 0 radical (unpaired) electrons. The van der Waals surface area contributed by atoms with Gasteiger partial charge in [-0.1, -0.05) is 6.07 Å². The van der Waals surface area contributed by atoms with E-state index < -0.39 is 20.7 Å². The summed E-state index contributed by atoms with van der Waals surface area (Å²) in [4.78, 5) is 8.31. The van der Waals surface area contributed by atoms with Gasteiger partial charge in [0.05, 0.1) is 32.1 Å². The summed E-state index contributed by atoms with van der Waals surface area (Å²) in [5.74, 6) is 0. The van der Waals surface area contributed by atoms with Gasteiger partial charge in [-0.15, -0.1) is 0 Å². The third-order valence-electron chi connectivity index (χ3n) is 2.83. The molecule has 0 unspecified atom stereocenters. The van der Waals surface area contributed by atoms with Crippen molar-refractivity contribution in [1.29, 1.82) is 0 Å². The normalized spacial score (nSPS) is 13.0. The number of aliphatic imine (C=N–C) groups is 1.